The quantitative estimate of drug-likeness (QED) is 0.683. The van der Waals surface area contributed by atoms with Crippen LogP contribution in [0.2, 0.25) is 5.02 Å². The molecule has 5 heteroatoms. The molecule has 0 aromatic heterocycles. The minimum Gasteiger partial charge on any atom is -0.357 e. The van der Waals surface area contributed by atoms with Crippen molar-refractivity contribution >= 4 is 17.6 Å². The van der Waals surface area contributed by atoms with Gasteiger partial charge in [0.15, 0.2) is 5.96 Å². The Kier molecular flexibility index (Phi) is 5.65. The van der Waals surface area contributed by atoms with Gasteiger partial charge in [0.25, 0.3) is 0 Å². The van der Waals surface area contributed by atoms with E-state index < -0.39 is 0 Å². The van der Waals surface area contributed by atoms with E-state index in [-0.39, 0.29) is 5.82 Å². The summed E-state index contributed by atoms with van der Waals surface area (Å²) < 4.78 is 13.0. The van der Waals surface area contributed by atoms with Gasteiger partial charge in [0.05, 0.1) is 0 Å². The van der Waals surface area contributed by atoms with Crippen LogP contribution in [0.25, 0.3) is 0 Å². The average molecular weight is 298 g/mol. The molecule has 0 spiro atoms. The largest absolute Gasteiger partial charge is 0.357 e. The van der Waals surface area contributed by atoms with Crippen LogP contribution < -0.4 is 5.32 Å². The summed E-state index contributed by atoms with van der Waals surface area (Å²) in [5.41, 5.74) is 0.939. The number of hydrogen-bond acceptors (Lipinski definition) is 1. The van der Waals surface area contributed by atoms with Gasteiger partial charge in [-0.3, -0.25) is 4.99 Å². The number of aliphatic imine (C=N–C) groups is 1. The fraction of sp³-hybridized carbons (Fsp3) is 0.533. The molecule has 1 saturated heterocycles. The monoisotopic (exact) mass is 297 g/mol. The van der Waals surface area contributed by atoms with Gasteiger partial charge in [-0.15, -0.1) is 0 Å². The van der Waals surface area contributed by atoms with E-state index in [9.17, 15) is 4.39 Å². The van der Waals surface area contributed by atoms with Crippen LogP contribution in [-0.4, -0.2) is 37.0 Å². The van der Waals surface area contributed by atoms with Gasteiger partial charge in [0, 0.05) is 31.2 Å². The second kappa shape index (κ2) is 7.48. The lowest BCUT2D eigenvalue weighted by atomic mass is 10.1. The fourth-order valence-corrected chi connectivity index (χ4v) is 2.62. The van der Waals surface area contributed by atoms with E-state index in [1.165, 1.54) is 25.0 Å². The summed E-state index contributed by atoms with van der Waals surface area (Å²) in [6, 6.07) is 4.53. The molecule has 0 atom stereocenters. The van der Waals surface area contributed by atoms with Crippen molar-refractivity contribution in [3.63, 3.8) is 0 Å². The summed E-state index contributed by atoms with van der Waals surface area (Å²) >= 11 is 6.02. The lowest BCUT2D eigenvalue weighted by Crippen LogP contribution is -2.39. The summed E-state index contributed by atoms with van der Waals surface area (Å²) in [6.45, 7) is 5.74. The molecular formula is C15H21ClFN3. The van der Waals surface area contributed by atoms with Crippen molar-refractivity contribution in [3.8, 4) is 0 Å². The first-order valence-electron chi connectivity index (χ1n) is 7.18. The van der Waals surface area contributed by atoms with Crippen LogP contribution in [-0.2, 0) is 6.42 Å². The highest BCUT2D eigenvalue weighted by Gasteiger charge is 2.15. The first-order chi connectivity index (χ1) is 9.70. The SMILES string of the molecule is CCNC(=NCCc1ccc(F)cc1Cl)N1CCCC1. The van der Waals surface area contributed by atoms with Gasteiger partial charge in [-0.2, -0.15) is 0 Å². The molecule has 1 heterocycles. The molecule has 1 N–H and O–H groups in total. The standard InChI is InChI=1S/C15H21ClFN3/c1-2-18-15(20-9-3-4-10-20)19-8-7-12-5-6-13(17)11-14(12)16/h5-6,11H,2-4,7-10H2,1H3,(H,18,19). The maximum absolute atomic E-state index is 13.0. The lowest BCUT2D eigenvalue weighted by molar-refractivity contribution is 0.494. The van der Waals surface area contributed by atoms with Crippen LogP contribution in [0.3, 0.4) is 0 Å². The molecule has 1 aliphatic heterocycles. The number of guanidine groups is 1. The van der Waals surface area contributed by atoms with Gasteiger partial charge >= 0.3 is 0 Å². The van der Waals surface area contributed by atoms with E-state index in [0.717, 1.165) is 37.6 Å². The highest BCUT2D eigenvalue weighted by atomic mass is 35.5. The third kappa shape index (κ3) is 4.10. The predicted octanol–water partition coefficient (Wildman–Crippen LogP) is 3.08. The van der Waals surface area contributed by atoms with Crippen LogP contribution in [0.1, 0.15) is 25.3 Å². The molecule has 0 amide bonds. The van der Waals surface area contributed by atoms with Crippen LogP contribution in [0, 0.1) is 5.82 Å². The Labute approximate surface area is 124 Å². The van der Waals surface area contributed by atoms with Crippen LogP contribution in [0.15, 0.2) is 23.2 Å². The molecule has 1 aliphatic rings. The minimum absolute atomic E-state index is 0.298. The Morgan fingerprint density at radius 2 is 2.15 bits per heavy atom. The van der Waals surface area contributed by atoms with E-state index in [1.807, 2.05) is 0 Å². The minimum atomic E-state index is -0.298. The van der Waals surface area contributed by atoms with E-state index in [0.29, 0.717) is 11.6 Å². The smallest absolute Gasteiger partial charge is 0.193 e. The van der Waals surface area contributed by atoms with Crippen molar-refractivity contribution in [1.82, 2.24) is 10.2 Å². The maximum Gasteiger partial charge on any atom is 0.193 e. The van der Waals surface area contributed by atoms with Crippen LogP contribution in [0.4, 0.5) is 4.39 Å². The third-order valence-corrected chi connectivity index (χ3v) is 3.75. The number of nitrogens with one attached hydrogen (secondary N) is 1. The molecule has 0 aliphatic carbocycles. The van der Waals surface area contributed by atoms with Gasteiger partial charge in [-0.25, -0.2) is 4.39 Å². The second-order valence-electron chi connectivity index (χ2n) is 4.92. The number of benzene rings is 1. The van der Waals surface area contributed by atoms with Crippen molar-refractivity contribution in [2.45, 2.75) is 26.2 Å². The molecule has 0 unspecified atom stereocenters. The highest BCUT2D eigenvalue weighted by molar-refractivity contribution is 6.31. The molecule has 3 nitrogen and oxygen atoms in total. The van der Waals surface area contributed by atoms with E-state index in [4.69, 9.17) is 11.6 Å². The van der Waals surface area contributed by atoms with E-state index in [1.54, 1.807) is 6.07 Å². The van der Waals surface area contributed by atoms with Crippen molar-refractivity contribution < 1.29 is 4.39 Å². The summed E-state index contributed by atoms with van der Waals surface area (Å²) in [6.07, 6.45) is 3.18. The Bertz CT molecular complexity index is 470. The molecule has 1 fully saturated rings. The first kappa shape index (κ1) is 15.1. The first-order valence-corrected chi connectivity index (χ1v) is 7.55. The summed E-state index contributed by atoms with van der Waals surface area (Å²) in [5.74, 6) is 0.677. The topological polar surface area (TPSA) is 27.6 Å². The molecule has 2 rings (SSSR count). The number of likely N-dealkylation sites (tertiary alicyclic amines) is 1. The third-order valence-electron chi connectivity index (χ3n) is 3.40. The second-order valence-corrected chi connectivity index (χ2v) is 5.32. The number of halogens is 2. The molecule has 20 heavy (non-hydrogen) atoms. The predicted molar refractivity (Wildman–Crippen MR) is 81.9 cm³/mol. The molecule has 0 bridgehead atoms. The van der Waals surface area contributed by atoms with Crippen molar-refractivity contribution in [1.29, 1.82) is 0 Å². The summed E-state index contributed by atoms with van der Waals surface area (Å²) in [5, 5.41) is 3.80. The van der Waals surface area contributed by atoms with E-state index in [2.05, 4.69) is 22.1 Å². The molecule has 1 aromatic carbocycles. The maximum atomic E-state index is 13.0. The fourth-order valence-electron chi connectivity index (χ4n) is 2.36. The van der Waals surface area contributed by atoms with Gasteiger partial charge < -0.3 is 10.2 Å². The zero-order chi connectivity index (χ0) is 14.4. The van der Waals surface area contributed by atoms with Crippen molar-refractivity contribution in [3.05, 3.63) is 34.6 Å². The normalized spacial score (nSPS) is 15.8. The molecule has 110 valence electrons. The average Bonchev–Trinajstić information content (AvgIpc) is 2.94. The van der Waals surface area contributed by atoms with Crippen LogP contribution >= 0.6 is 11.6 Å². The van der Waals surface area contributed by atoms with Crippen molar-refractivity contribution in [2.75, 3.05) is 26.2 Å². The van der Waals surface area contributed by atoms with Gasteiger partial charge in [-0.1, -0.05) is 17.7 Å². The molecule has 1 aromatic rings. The summed E-state index contributed by atoms with van der Waals surface area (Å²) in [4.78, 5) is 6.92. The number of nitrogens with zero attached hydrogens (tertiary/aromatic N) is 2. The van der Waals surface area contributed by atoms with Crippen molar-refractivity contribution in [2.24, 2.45) is 4.99 Å². The van der Waals surface area contributed by atoms with Gasteiger partial charge in [-0.05, 0) is 43.9 Å². The zero-order valence-corrected chi connectivity index (χ0v) is 12.6. The Morgan fingerprint density at radius 1 is 1.40 bits per heavy atom. The number of hydrogen-bond donors (Lipinski definition) is 1. The highest BCUT2D eigenvalue weighted by Crippen LogP contribution is 2.17. The van der Waals surface area contributed by atoms with Gasteiger partial charge in [0.2, 0.25) is 0 Å². The lowest BCUT2D eigenvalue weighted by Gasteiger charge is -2.20. The summed E-state index contributed by atoms with van der Waals surface area (Å²) in [7, 11) is 0. The zero-order valence-electron chi connectivity index (χ0n) is 11.8. The van der Waals surface area contributed by atoms with Crippen LogP contribution in [0.5, 0.6) is 0 Å². The molecule has 0 saturated carbocycles. The van der Waals surface area contributed by atoms with E-state index >= 15 is 0 Å². The Balaban J connectivity index is 1.95. The molecular weight excluding hydrogens is 277 g/mol. The Morgan fingerprint density at radius 3 is 2.80 bits per heavy atom. The van der Waals surface area contributed by atoms with Gasteiger partial charge in [0.1, 0.15) is 5.82 Å². The Hall–Kier alpha value is -1.29. The number of rotatable bonds is 4. The molecule has 0 radical (unpaired) electrons.